The van der Waals surface area contributed by atoms with Gasteiger partial charge in [0.25, 0.3) is 5.91 Å². The van der Waals surface area contributed by atoms with Crippen molar-refractivity contribution in [1.82, 2.24) is 19.7 Å². The van der Waals surface area contributed by atoms with Crippen LogP contribution in [0.5, 0.6) is 5.75 Å². The number of carbonyl (C=O) groups excluding carboxylic acids is 1. The number of allylic oxidation sites excluding steroid dienone is 1. The van der Waals surface area contributed by atoms with Crippen LogP contribution < -0.4 is 15.8 Å². The van der Waals surface area contributed by atoms with E-state index in [2.05, 4.69) is 15.3 Å². The molecule has 10 nitrogen and oxygen atoms in total. The number of methoxy groups -OCH3 is 1. The number of hydrogen-bond acceptors (Lipinski definition) is 8. The molecular weight excluding hydrogens is 456 g/mol. The van der Waals surface area contributed by atoms with Gasteiger partial charge < -0.3 is 15.8 Å². The number of hydrogen-bond donors (Lipinski definition) is 5. The second-order valence-corrected chi connectivity index (χ2v) is 11.5. The Morgan fingerprint density at radius 3 is 2.62 bits per heavy atom. The van der Waals surface area contributed by atoms with Crippen LogP contribution in [0.25, 0.3) is 5.65 Å². The van der Waals surface area contributed by atoms with Gasteiger partial charge in [0.15, 0.2) is 0 Å². The molecule has 0 saturated carbocycles. The van der Waals surface area contributed by atoms with E-state index in [9.17, 15) is 13.9 Å². The minimum atomic E-state index is -3.26. The van der Waals surface area contributed by atoms with Crippen LogP contribution in [0.1, 0.15) is 45.1 Å². The fraction of sp³-hybridized carbons (Fsp3) is 0.304. The van der Waals surface area contributed by atoms with Crippen molar-refractivity contribution in [3.05, 3.63) is 66.0 Å². The Bertz CT molecular complexity index is 1250. The average Bonchev–Trinajstić information content (AvgIpc) is 3.20. The van der Waals surface area contributed by atoms with Crippen LogP contribution in [0.3, 0.4) is 0 Å². The molecule has 0 unspecified atom stereocenters. The lowest BCUT2D eigenvalue weighted by Gasteiger charge is -2.44. The number of aromatic nitrogens is 3. The van der Waals surface area contributed by atoms with E-state index in [0.29, 0.717) is 17.0 Å². The van der Waals surface area contributed by atoms with Gasteiger partial charge in [-0.25, -0.2) is 4.98 Å². The zero-order chi connectivity index (χ0) is 25.3. The number of rotatable bonds is 7. The summed E-state index contributed by atoms with van der Waals surface area (Å²) in [5.74, 6) is -0.259. The molecule has 0 aliphatic rings. The first-order chi connectivity index (χ1) is 15.9. The molecular formula is C23H30N6O4S. The average molecular weight is 487 g/mol. The topological polar surface area (TPSA) is 159 Å². The first-order valence-corrected chi connectivity index (χ1v) is 12.0. The van der Waals surface area contributed by atoms with E-state index in [1.807, 2.05) is 6.07 Å². The molecule has 0 aromatic carbocycles. The molecule has 0 spiro atoms. The Balaban J connectivity index is 1.92. The van der Waals surface area contributed by atoms with Crippen LogP contribution in [0.2, 0.25) is 0 Å². The zero-order valence-corrected chi connectivity index (χ0v) is 20.6. The predicted molar refractivity (Wildman–Crippen MR) is 133 cm³/mol. The smallest absolute Gasteiger partial charge is 0.267 e. The van der Waals surface area contributed by atoms with Crippen LogP contribution in [-0.2, 0) is 4.79 Å². The Labute approximate surface area is 199 Å². The summed E-state index contributed by atoms with van der Waals surface area (Å²) in [6, 6.07) is 6.59. The summed E-state index contributed by atoms with van der Waals surface area (Å²) >= 11 is 0. The Kier molecular flexibility index (Phi) is 7.01. The molecule has 34 heavy (non-hydrogen) atoms. The molecule has 0 fully saturated rings. The summed E-state index contributed by atoms with van der Waals surface area (Å²) in [6.45, 7) is 6.94. The number of nitrogens with one attached hydrogen (secondary N) is 2. The van der Waals surface area contributed by atoms with Crippen molar-refractivity contribution >= 4 is 27.9 Å². The Morgan fingerprint density at radius 2 is 2.03 bits per heavy atom. The van der Waals surface area contributed by atoms with Gasteiger partial charge in [-0.3, -0.25) is 28.7 Å². The number of carbonyl (C=O) groups is 1. The van der Waals surface area contributed by atoms with Gasteiger partial charge in [-0.15, -0.1) is 0 Å². The van der Waals surface area contributed by atoms with Crippen LogP contribution in [-0.4, -0.2) is 46.9 Å². The molecule has 0 radical (unpaired) electrons. The summed E-state index contributed by atoms with van der Waals surface area (Å²) in [6.07, 6.45) is 5.81. The number of nitrogens with two attached hydrogens (primary N) is 1. The molecule has 0 saturated heterocycles. The molecule has 3 rings (SSSR count). The highest BCUT2D eigenvalue weighted by Crippen LogP contribution is 2.61. The van der Waals surface area contributed by atoms with Crippen LogP contribution >= 0.6 is 10.6 Å². The first kappa shape index (κ1) is 25.2. The number of nitrogens with zero attached hydrogens (tertiary/aromatic N) is 3. The van der Waals surface area contributed by atoms with Gasteiger partial charge in [0.1, 0.15) is 16.3 Å². The van der Waals surface area contributed by atoms with E-state index in [0.717, 1.165) is 0 Å². The van der Waals surface area contributed by atoms with Gasteiger partial charge in [-0.1, -0.05) is 6.07 Å². The maximum Gasteiger partial charge on any atom is 0.267 e. The van der Waals surface area contributed by atoms with Gasteiger partial charge in [-0.2, -0.15) is 10.6 Å². The van der Waals surface area contributed by atoms with Gasteiger partial charge in [0, 0.05) is 18.5 Å². The quantitative estimate of drug-likeness (QED) is 0.251. The van der Waals surface area contributed by atoms with Crippen LogP contribution in [0, 0.1) is 5.41 Å². The van der Waals surface area contributed by atoms with Crippen molar-refractivity contribution in [3.8, 4) is 5.75 Å². The van der Waals surface area contributed by atoms with Gasteiger partial charge in [0.05, 0.1) is 46.9 Å². The summed E-state index contributed by atoms with van der Waals surface area (Å²) < 4.78 is 27.9. The minimum absolute atomic E-state index is 0.0750. The van der Waals surface area contributed by atoms with E-state index >= 15 is 0 Å². The molecule has 0 aliphatic carbocycles. The van der Waals surface area contributed by atoms with Crippen molar-refractivity contribution in [1.29, 1.82) is 5.41 Å². The lowest BCUT2D eigenvalue weighted by Crippen LogP contribution is -2.31. The van der Waals surface area contributed by atoms with E-state index in [1.165, 1.54) is 30.0 Å². The number of imidazole rings is 1. The SMILES string of the molecule is COc1cc2ncc(C(=N)/C=C(\N)C(=O)N[C@H](C)c3ccccn3)n2cc1S(O)(O)C(C)(C)C. The van der Waals surface area contributed by atoms with Crippen molar-refractivity contribution in [3.63, 3.8) is 0 Å². The van der Waals surface area contributed by atoms with Crippen LogP contribution in [0.4, 0.5) is 0 Å². The number of pyridine rings is 2. The lowest BCUT2D eigenvalue weighted by molar-refractivity contribution is -0.118. The summed E-state index contributed by atoms with van der Waals surface area (Å²) in [4.78, 5) is 21.2. The molecule has 3 aromatic rings. The summed E-state index contributed by atoms with van der Waals surface area (Å²) in [5.41, 5.74) is 7.16. The summed E-state index contributed by atoms with van der Waals surface area (Å²) in [7, 11) is -1.82. The zero-order valence-electron chi connectivity index (χ0n) is 19.7. The fourth-order valence-electron chi connectivity index (χ4n) is 3.17. The van der Waals surface area contributed by atoms with Gasteiger partial charge >= 0.3 is 0 Å². The van der Waals surface area contributed by atoms with Crippen molar-refractivity contribution in [2.75, 3.05) is 7.11 Å². The fourth-order valence-corrected chi connectivity index (χ4v) is 4.51. The summed E-state index contributed by atoms with van der Waals surface area (Å²) in [5, 5.41) is 11.2. The molecule has 0 aliphatic heterocycles. The van der Waals surface area contributed by atoms with Gasteiger partial charge in [-0.05, 0) is 45.9 Å². The van der Waals surface area contributed by atoms with E-state index in [-0.39, 0.29) is 28.1 Å². The largest absolute Gasteiger partial charge is 0.495 e. The molecule has 182 valence electrons. The lowest BCUT2D eigenvalue weighted by atomic mass is 10.2. The van der Waals surface area contributed by atoms with Gasteiger partial charge in [0.2, 0.25) is 0 Å². The normalized spacial score (nSPS) is 14.0. The highest BCUT2D eigenvalue weighted by Gasteiger charge is 2.34. The Hall–Kier alpha value is -3.41. The molecule has 3 heterocycles. The molecule has 3 aromatic heterocycles. The minimum Gasteiger partial charge on any atom is -0.495 e. The third kappa shape index (κ3) is 4.91. The molecule has 1 amide bonds. The highest BCUT2D eigenvalue weighted by molar-refractivity contribution is 8.25. The number of ether oxygens (including phenoxy) is 1. The maximum atomic E-state index is 12.5. The molecule has 6 N–H and O–H groups in total. The third-order valence-electron chi connectivity index (χ3n) is 5.27. The molecule has 11 heteroatoms. The maximum absolute atomic E-state index is 12.5. The molecule has 0 bridgehead atoms. The monoisotopic (exact) mass is 486 g/mol. The van der Waals surface area contributed by atoms with Crippen molar-refractivity contribution in [2.45, 2.75) is 43.4 Å². The van der Waals surface area contributed by atoms with Crippen molar-refractivity contribution in [2.24, 2.45) is 5.73 Å². The second-order valence-electron chi connectivity index (χ2n) is 8.70. The van der Waals surface area contributed by atoms with Crippen LogP contribution in [0.15, 0.2) is 59.5 Å². The predicted octanol–water partition coefficient (Wildman–Crippen LogP) is 3.73. The molecule has 1 atom stereocenters. The number of fused-ring (bicyclic) bond motifs is 1. The number of amides is 1. The third-order valence-corrected chi connectivity index (χ3v) is 7.90. The van der Waals surface area contributed by atoms with Crippen molar-refractivity contribution < 1.29 is 18.6 Å². The Morgan fingerprint density at radius 1 is 1.32 bits per heavy atom. The first-order valence-electron chi connectivity index (χ1n) is 10.5. The highest BCUT2D eigenvalue weighted by atomic mass is 32.3. The van der Waals surface area contributed by atoms with E-state index < -0.39 is 21.2 Å². The van der Waals surface area contributed by atoms with E-state index in [1.54, 1.807) is 52.1 Å². The second kappa shape index (κ2) is 9.45. The van der Waals surface area contributed by atoms with E-state index in [4.69, 9.17) is 15.9 Å². The standard InChI is InChI=1S/C23H30N6O4S/c1-14(17-8-6-7-9-26-17)28-22(30)16(25)10-15(24)18-12-27-21-11-19(33-5)20(13-29(18)21)34(31,32)23(2,3)4/h6-14,24,31-32H,25H2,1-5H3,(H,28,30)/b16-10-,24-15?/t14-/m1/s1.